The van der Waals surface area contributed by atoms with Gasteiger partial charge in [-0.05, 0) is 19.3 Å². The fourth-order valence-electron chi connectivity index (χ4n) is 1.97. The lowest BCUT2D eigenvalue weighted by atomic mass is 10.00. The molecule has 0 saturated heterocycles. The van der Waals surface area contributed by atoms with Crippen LogP contribution in [0.4, 0.5) is 0 Å². The second-order valence-electron chi connectivity index (χ2n) is 4.40. The smallest absolute Gasteiger partial charge is 0.323 e. The van der Waals surface area contributed by atoms with E-state index in [2.05, 4.69) is 6.92 Å². The predicted octanol–water partition coefficient (Wildman–Crippen LogP) is 1.53. The SMILES string of the molecule is CCCCCOC1CCC(N)(C(=O)O)C1. The number of aliphatic carboxylic acids is 1. The highest BCUT2D eigenvalue weighted by Crippen LogP contribution is 2.30. The molecule has 2 unspecified atom stereocenters. The van der Waals surface area contributed by atoms with Gasteiger partial charge in [0.2, 0.25) is 0 Å². The highest BCUT2D eigenvalue weighted by Gasteiger charge is 2.42. The zero-order chi connectivity index (χ0) is 11.3. The first-order valence-electron chi connectivity index (χ1n) is 5.72. The second-order valence-corrected chi connectivity index (χ2v) is 4.40. The molecule has 4 nitrogen and oxygen atoms in total. The number of carboxylic acids is 1. The number of nitrogens with two attached hydrogens (primary N) is 1. The van der Waals surface area contributed by atoms with Crippen LogP contribution in [0.2, 0.25) is 0 Å². The molecule has 0 radical (unpaired) electrons. The molecule has 0 amide bonds. The quantitative estimate of drug-likeness (QED) is 0.659. The standard InChI is InChI=1S/C11H21NO3/c1-2-3-4-7-15-9-5-6-11(12,8-9)10(13)14/h9H,2-8,12H2,1H3,(H,13,14). The minimum atomic E-state index is -1.05. The highest BCUT2D eigenvalue weighted by molar-refractivity contribution is 5.78. The van der Waals surface area contributed by atoms with E-state index in [9.17, 15) is 4.79 Å². The van der Waals surface area contributed by atoms with Crippen LogP contribution in [0.1, 0.15) is 45.4 Å². The molecule has 3 N–H and O–H groups in total. The third kappa shape index (κ3) is 3.47. The van der Waals surface area contributed by atoms with E-state index in [1.807, 2.05) is 0 Å². The van der Waals surface area contributed by atoms with Crippen LogP contribution in [-0.4, -0.2) is 29.3 Å². The molecule has 0 aromatic carbocycles. The summed E-state index contributed by atoms with van der Waals surface area (Å²) in [6, 6.07) is 0. The molecule has 0 aromatic heterocycles. The fraction of sp³-hybridized carbons (Fsp3) is 0.909. The monoisotopic (exact) mass is 215 g/mol. The lowest BCUT2D eigenvalue weighted by Gasteiger charge is -2.18. The maximum atomic E-state index is 10.9. The second kappa shape index (κ2) is 5.47. The van der Waals surface area contributed by atoms with Crippen molar-refractivity contribution in [1.82, 2.24) is 0 Å². The molecule has 0 bridgehead atoms. The normalized spacial score (nSPS) is 30.7. The van der Waals surface area contributed by atoms with Crippen LogP contribution in [0.5, 0.6) is 0 Å². The number of rotatable bonds is 6. The summed E-state index contributed by atoms with van der Waals surface area (Å²) in [4.78, 5) is 10.9. The largest absolute Gasteiger partial charge is 0.480 e. The maximum Gasteiger partial charge on any atom is 0.323 e. The first kappa shape index (κ1) is 12.5. The van der Waals surface area contributed by atoms with E-state index < -0.39 is 11.5 Å². The topological polar surface area (TPSA) is 72.5 Å². The molecular formula is C11H21NO3. The lowest BCUT2D eigenvalue weighted by molar-refractivity contribution is -0.143. The van der Waals surface area contributed by atoms with Gasteiger partial charge in [-0.25, -0.2) is 0 Å². The van der Waals surface area contributed by atoms with Gasteiger partial charge in [-0.3, -0.25) is 4.79 Å². The van der Waals surface area contributed by atoms with Crippen molar-refractivity contribution >= 4 is 5.97 Å². The van der Waals surface area contributed by atoms with Crippen LogP contribution in [0.15, 0.2) is 0 Å². The van der Waals surface area contributed by atoms with Crippen molar-refractivity contribution in [2.45, 2.75) is 57.1 Å². The molecule has 1 fully saturated rings. The molecule has 15 heavy (non-hydrogen) atoms. The van der Waals surface area contributed by atoms with E-state index in [0.717, 1.165) is 19.4 Å². The van der Waals surface area contributed by atoms with Crippen LogP contribution in [0.3, 0.4) is 0 Å². The van der Waals surface area contributed by atoms with E-state index in [-0.39, 0.29) is 6.10 Å². The number of carboxylic acid groups (broad SMARTS) is 1. The van der Waals surface area contributed by atoms with Crippen molar-refractivity contribution < 1.29 is 14.6 Å². The zero-order valence-corrected chi connectivity index (χ0v) is 9.37. The van der Waals surface area contributed by atoms with Crippen LogP contribution < -0.4 is 5.73 Å². The van der Waals surface area contributed by atoms with Gasteiger partial charge in [0.15, 0.2) is 0 Å². The van der Waals surface area contributed by atoms with Crippen molar-refractivity contribution in [2.24, 2.45) is 5.73 Å². The molecule has 0 aromatic rings. The Kier molecular flexibility index (Phi) is 4.54. The molecule has 1 rings (SSSR count). The van der Waals surface area contributed by atoms with E-state index in [1.54, 1.807) is 0 Å². The molecule has 0 heterocycles. The van der Waals surface area contributed by atoms with Gasteiger partial charge in [-0.1, -0.05) is 19.8 Å². The molecule has 0 aliphatic heterocycles. The van der Waals surface area contributed by atoms with Crippen LogP contribution in [0.25, 0.3) is 0 Å². The Balaban J connectivity index is 2.22. The molecule has 1 aliphatic carbocycles. The van der Waals surface area contributed by atoms with Gasteiger partial charge in [-0.2, -0.15) is 0 Å². The van der Waals surface area contributed by atoms with Crippen molar-refractivity contribution in [3.05, 3.63) is 0 Å². The third-order valence-corrected chi connectivity index (χ3v) is 3.03. The van der Waals surface area contributed by atoms with E-state index in [0.29, 0.717) is 12.8 Å². The van der Waals surface area contributed by atoms with E-state index >= 15 is 0 Å². The number of hydrogen-bond donors (Lipinski definition) is 2. The van der Waals surface area contributed by atoms with Crippen LogP contribution in [-0.2, 0) is 9.53 Å². The van der Waals surface area contributed by atoms with Gasteiger partial charge in [0.05, 0.1) is 6.10 Å². The molecular weight excluding hydrogens is 194 g/mol. The van der Waals surface area contributed by atoms with Crippen molar-refractivity contribution in [1.29, 1.82) is 0 Å². The molecule has 2 atom stereocenters. The number of ether oxygens (including phenoxy) is 1. The summed E-state index contributed by atoms with van der Waals surface area (Å²) in [6.45, 7) is 2.87. The fourth-order valence-corrected chi connectivity index (χ4v) is 1.97. The van der Waals surface area contributed by atoms with E-state index in [1.165, 1.54) is 12.8 Å². The highest BCUT2D eigenvalue weighted by atomic mass is 16.5. The maximum absolute atomic E-state index is 10.9. The Morgan fingerprint density at radius 3 is 2.87 bits per heavy atom. The summed E-state index contributed by atoms with van der Waals surface area (Å²) in [5, 5.41) is 8.92. The average molecular weight is 215 g/mol. The first-order valence-corrected chi connectivity index (χ1v) is 5.72. The van der Waals surface area contributed by atoms with Gasteiger partial charge >= 0.3 is 5.97 Å². The molecule has 4 heteroatoms. The summed E-state index contributed by atoms with van der Waals surface area (Å²) in [7, 11) is 0. The summed E-state index contributed by atoms with van der Waals surface area (Å²) >= 11 is 0. The molecule has 1 aliphatic rings. The van der Waals surface area contributed by atoms with E-state index in [4.69, 9.17) is 15.6 Å². The summed E-state index contributed by atoms with van der Waals surface area (Å²) in [6.07, 6.45) is 5.19. The minimum Gasteiger partial charge on any atom is -0.480 e. The molecule has 0 spiro atoms. The Bertz CT molecular complexity index is 220. The molecule has 88 valence electrons. The Morgan fingerprint density at radius 2 is 2.33 bits per heavy atom. The molecule has 1 saturated carbocycles. The zero-order valence-electron chi connectivity index (χ0n) is 9.37. The summed E-state index contributed by atoms with van der Waals surface area (Å²) < 4.78 is 5.61. The Hall–Kier alpha value is -0.610. The minimum absolute atomic E-state index is 0.0444. The number of unbranched alkanes of at least 4 members (excludes halogenated alkanes) is 2. The van der Waals surface area contributed by atoms with Gasteiger partial charge < -0.3 is 15.6 Å². The van der Waals surface area contributed by atoms with Gasteiger partial charge in [0.25, 0.3) is 0 Å². The van der Waals surface area contributed by atoms with Gasteiger partial charge in [-0.15, -0.1) is 0 Å². The third-order valence-electron chi connectivity index (χ3n) is 3.03. The summed E-state index contributed by atoms with van der Waals surface area (Å²) in [5.41, 5.74) is 4.70. The van der Waals surface area contributed by atoms with Crippen molar-refractivity contribution in [3.63, 3.8) is 0 Å². The number of hydrogen-bond acceptors (Lipinski definition) is 3. The Morgan fingerprint density at radius 1 is 1.60 bits per heavy atom. The van der Waals surface area contributed by atoms with Crippen molar-refractivity contribution in [2.75, 3.05) is 6.61 Å². The van der Waals surface area contributed by atoms with Crippen LogP contribution >= 0.6 is 0 Å². The predicted molar refractivity (Wildman–Crippen MR) is 57.7 cm³/mol. The van der Waals surface area contributed by atoms with Crippen molar-refractivity contribution in [3.8, 4) is 0 Å². The number of carbonyl (C=O) groups is 1. The lowest BCUT2D eigenvalue weighted by Crippen LogP contribution is -2.45. The summed E-state index contributed by atoms with van der Waals surface area (Å²) in [5.74, 6) is -0.901. The first-order chi connectivity index (χ1) is 7.08. The van der Waals surface area contributed by atoms with Gasteiger partial charge in [0.1, 0.15) is 5.54 Å². The van der Waals surface area contributed by atoms with Gasteiger partial charge in [0, 0.05) is 13.0 Å². The average Bonchev–Trinajstić information content (AvgIpc) is 2.57. The Labute approximate surface area is 90.8 Å². The van der Waals surface area contributed by atoms with Crippen LogP contribution in [0, 0.1) is 0 Å².